The second kappa shape index (κ2) is 5.36. The zero-order chi connectivity index (χ0) is 13.2. The Labute approximate surface area is 115 Å². The van der Waals surface area contributed by atoms with E-state index in [4.69, 9.17) is 0 Å². The number of hydrogen-bond donors (Lipinski definition) is 1. The van der Waals surface area contributed by atoms with Gasteiger partial charge in [-0.3, -0.25) is 14.7 Å². The molecular weight excluding hydrogens is 296 g/mol. The molecule has 1 aliphatic heterocycles. The average molecular weight is 313 g/mol. The zero-order valence-corrected chi connectivity index (χ0v) is 12.0. The van der Waals surface area contributed by atoms with E-state index in [-0.39, 0.29) is 0 Å². The van der Waals surface area contributed by atoms with E-state index >= 15 is 0 Å². The van der Waals surface area contributed by atoms with E-state index in [1.165, 1.54) is 0 Å². The van der Waals surface area contributed by atoms with Crippen molar-refractivity contribution in [3.05, 3.63) is 28.5 Å². The van der Waals surface area contributed by atoms with Gasteiger partial charge in [0.25, 0.3) is 0 Å². The quantitative estimate of drug-likeness (QED) is 0.928. The number of hydrogen-bond acceptors (Lipinski definition) is 3. The summed E-state index contributed by atoms with van der Waals surface area (Å²) in [5.41, 5.74) is 0.354. The second-order valence-electron chi connectivity index (χ2n) is 4.73. The van der Waals surface area contributed by atoms with Crippen LogP contribution in [-0.4, -0.2) is 33.0 Å². The molecule has 1 saturated heterocycles. The van der Waals surface area contributed by atoms with Crippen LogP contribution in [0.15, 0.2) is 22.9 Å². The van der Waals surface area contributed by atoms with Crippen LogP contribution in [0.3, 0.4) is 0 Å². The molecular formula is C13H17BrN2O2. The molecule has 18 heavy (non-hydrogen) atoms. The van der Waals surface area contributed by atoms with Crippen molar-refractivity contribution in [2.24, 2.45) is 0 Å². The van der Waals surface area contributed by atoms with Crippen molar-refractivity contribution in [1.29, 1.82) is 0 Å². The van der Waals surface area contributed by atoms with Crippen LogP contribution in [0.4, 0.5) is 0 Å². The maximum atomic E-state index is 11.6. The minimum atomic E-state index is -0.703. The topological polar surface area (TPSA) is 53.4 Å². The molecule has 1 N–H and O–H groups in total. The monoisotopic (exact) mass is 312 g/mol. The molecule has 0 bridgehead atoms. The van der Waals surface area contributed by atoms with Gasteiger partial charge >= 0.3 is 5.97 Å². The molecule has 98 valence electrons. The number of carboxylic acids is 1. The van der Waals surface area contributed by atoms with Crippen LogP contribution in [-0.2, 0) is 11.3 Å². The fraction of sp³-hybridized carbons (Fsp3) is 0.538. The molecule has 4 nitrogen and oxygen atoms in total. The van der Waals surface area contributed by atoms with Gasteiger partial charge in [0.1, 0.15) is 5.54 Å². The summed E-state index contributed by atoms with van der Waals surface area (Å²) < 4.78 is 0.927. The van der Waals surface area contributed by atoms with Gasteiger partial charge in [-0.1, -0.05) is 6.92 Å². The third-order valence-electron chi connectivity index (χ3n) is 3.74. The molecule has 0 spiro atoms. The van der Waals surface area contributed by atoms with Crippen molar-refractivity contribution in [2.75, 3.05) is 6.54 Å². The predicted molar refractivity (Wildman–Crippen MR) is 72.2 cm³/mol. The van der Waals surface area contributed by atoms with E-state index in [1.54, 1.807) is 12.4 Å². The first-order valence-corrected chi connectivity index (χ1v) is 6.95. The van der Waals surface area contributed by atoms with Crippen LogP contribution < -0.4 is 0 Å². The summed E-state index contributed by atoms with van der Waals surface area (Å²) in [6.07, 6.45) is 5.86. The minimum Gasteiger partial charge on any atom is -0.480 e. The lowest BCUT2D eigenvalue weighted by Gasteiger charge is -2.33. The predicted octanol–water partition coefficient (Wildman–Crippen LogP) is 2.67. The number of nitrogens with zero attached hydrogens (tertiary/aromatic N) is 2. The molecule has 1 atom stereocenters. The smallest absolute Gasteiger partial charge is 0.324 e. The van der Waals surface area contributed by atoms with Crippen LogP contribution in [0.25, 0.3) is 0 Å². The van der Waals surface area contributed by atoms with Gasteiger partial charge in [0.05, 0.1) is 0 Å². The molecule has 0 radical (unpaired) electrons. The largest absolute Gasteiger partial charge is 0.480 e. The number of rotatable bonds is 4. The van der Waals surface area contributed by atoms with E-state index in [9.17, 15) is 9.90 Å². The first kappa shape index (κ1) is 13.5. The van der Waals surface area contributed by atoms with Gasteiger partial charge in [0.15, 0.2) is 0 Å². The van der Waals surface area contributed by atoms with Gasteiger partial charge < -0.3 is 5.11 Å². The summed E-state index contributed by atoms with van der Waals surface area (Å²) >= 11 is 3.39. The number of pyridine rings is 1. The van der Waals surface area contributed by atoms with Crippen molar-refractivity contribution in [3.63, 3.8) is 0 Å². The minimum absolute atomic E-state index is 0.643. The SMILES string of the molecule is CCC1(C(=O)O)CCCN1Cc1cncc(Br)c1. The fourth-order valence-corrected chi connectivity index (χ4v) is 3.13. The summed E-state index contributed by atoms with van der Waals surface area (Å²) in [5.74, 6) is -0.703. The number of halogens is 1. The average Bonchev–Trinajstić information content (AvgIpc) is 2.73. The third-order valence-corrected chi connectivity index (χ3v) is 4.18. The molecule has 5 heteroatoms. The van der Waals surface area contributed by atoms with E-state index in [1.807, 2.05) is 13.0 Å². The van der Waals surface area contributed by atoms with E-state index in [2.05, 4.69) is 25.8 Å². The lowest BCUT2D eigenvalue weighted by Crippen LogP contribution is -2.49. The standard InChI is InChI=1S/C13H17BrN2O2/c1-2-13(12(17)18)4-3-5-16(13)9-10-6-11(14)8-15-7-10/h6-8H,2-5,9H2,1H3,(H,17,18). The lowest BCUT2D eigenvalue weighted by atomic mass is 9.93. The Balaban J connectivity index is 2.20. The van der Waals surface area contributed by atoms with E-state index in [0.717, 1.165) is 29.4 Å². The van der Waals surface area contributed by atoms with E-state index in [0.29, 0.717) is 13.0 Å². The van der Waals surface area contributed by atoms with Crippen LogP contribution in [0.1, 0.15) is 31.7 Å². The Hall–Kier alpha value is -0.940. The molecule has 0 aliphatic carbocycles. The molecule has 1 fully saturated rings. The molecule has 1 aromatic heterocycles. The maximum Gasteiger partial charge on any atom is 0.324 e. The van der Waals surface area contributed by atoms with Crippen molar-refractivity contribution < 1.29 is 9.90 Å². The summed E-state index contributed by atoms with van der Waals surface area (Å²) in [4.78, 5) is 17.7. The normalized spacial score (nSPS) is 24.3. The lowest BCUT2D eigenvalue weighted by molar-refractivity contribution is -0.150. The number of carboxylic acid groups (broad SMARTS) is 1. The summed E-state index contributed by atoms with van der Waals surface area (Å²) in [5, 5.41) is 9.50. The highest BCUT2D eigenvalue weighted by atomic mass is 79.9. The Morgan fingerprint density at radius 2 is 2.39 bits per heavy atom. The number of carbonyl (C=O) groups is 1. The fourth-order valence-electron chi connectivity index (χ4n) is 2.72. The molecule has 0 aromatic carbocycles. The molecule has 0 saturated carbocycles. The molecule has 0 amide bonds. The highest BCUT2D eigenvalue weighted by Crippen LogP contribution is 2.34. The van der Waals surface area contributed by atoms with Crippen LogP contribution in [0.5, 0.6) is 0 Å². The molecule has 2 heterocycles. The number of aromatic nitrogens is 1. The Morgan fingerprint density at radius 1 is 1.61 bits per heavy atom. The van der Waals surface area contributed by atoms with Gasteiger partial charge in [0.2, 0.25) is 0 Å². The Kier molecular flexibility index (Phi) is 4.02. The molecule has 1 aromatic rings. The molecule has 1 unspecified atom stereocenters. The van der Waals surface area contributed by atoms with Crippen molar-refractivity contribution in [1.82, 2.24) is 9.88 Å². The van der Waals surface area contributed by atoms with Gasteiger partial charge in [0, 0.05) is 23.4 Å². The van der Waals surface area contributed by atoms with Gasteiger partial charge in [-0.25, -0.2) is 0 Å². The summed E-state index contributed by atoms with van der Waals surface area (Å²) in [7, 11) is 0. The highest BCUT2D eigenvalue weighted by Gasteiger charge is 2.45. The van der Waals surface area contributed by atoms with E-state index < -0.39 is 11.5 Å². The molecule has 2 rings (SSSR count). The highest BCUT2D eigenvalue weighted by molar-refractivity contribution is 9.10. The summed E-state index contributed by atoms with van der Waals surface area (Å²) in [6, 6.07) is 1.99. The van der Waals surface area contributed by atoms with Crippen molar-refractivity contribution in [3.8, 4) is 0 Å². The Bertz CT molecular complexity index is 452. The first-order valence-electron chi connectivity index (χ1n) is 6.16. The van der Waals surface area contributed by atoms with Gasteiger partial charge in [-0.05, 0) is 53.4 Å². The van der Waals surface area contributed by atoms with Crippen LogP contribution in [0.2, 0.25) is 0 Å². The number of aliphatic carboxylic acids is 1. The maximum absolute atomic E-state index is 11.6. The zero-order valence-electron chi connectivity index (χ0n) is 10.4. The van der Waals surface area contributed by atoms with Crippen molar-refractivity contribution in [2.45, 2.75) is 38.3 Å². The van der Waals surface area contributed by atoms with Gasteiger partial charge in [-0.2, -0.15) is 0 Å². The summed E-state index contributed by atoms with van der Waals surface area (Å²) in [6.45, 7) is 3.44. The van der Waals surface area contributed by atoms with Crippen LogP contribution >= 0.6 is 15.9 Å². The van der Waals surface area contributed by atoms with Crippen molar-refractivity contribution >= 4 is 21.9 Å². The van der Waals surface area contributed by atoms with Gasteiger partial charge in [-0.15, -0.1) is 0 Å². The third kappa shape index (κ3) is 2.42. The first-order chi connectivity index (χ1) is 8.58. The Morgan fingerprint density at radius 3 is 3.00 bits per heavy atom. The molecule has 1 aliphatic rings. The second-order valence-corrected chi connectivity index (χ2v) is 5.64. The van der Waals surface area contributed by atoms with Crippen LogP contribution in [0, 0.1) is 0 Å². The number of likely N-dealkylation sites (tertiary alicyclic amines) is 1.